The Morgan fingerprint density at radius 3 is 2.80 bits per heavy atom. The summed E-state index contributed by atoms with van der Waals surface area (Å²) < 4.78 is 11.8. The molecule has 0 bridgehead atoms. The maximum Gasteiger partial charge on any atom is 0.0443 e. The fourth-order valence-corrected chi connectivity index (χ4v) is 3.04. The van der Waals surface area contributed by atoms with Crippen molar-refractivity contribution in [2.75, 3.05) is 31.3 Å². The summed E-state index contributed by atoms with van der Waals surface area (Å²) in [5, 5.41) is 0. The van der Waals surface area contributed by atoms with E-state index in [1.165, 1.54) is 0 Å². The van der Waals surface area contributed by atoms with Crippen LogP contribution in [0.5, 0.6) is 0 Å². The number of halogens is 1. The van der Waals surface area contributed by atoms with Crippen molar-refractivity contribution in [2.24, 2.45) is 0 Å². The van der Waals surface area contributed by atoms with Crippen LogP contribution in [0.1, 0.15) is 20.3 Å². The van der Waals surface area contributed by atoms with E-state index in [-0.39, 0.29) is 4.75 Å². The first-order valence-electron chi connectivity index (χ1n) is 5.29. The van der Waals surface area contributed by atoms with Crippen LogP contribution < -0.4 is 0 Å². The highest BCUT2D eigenvalue weighted by molar-refractivity contribution is 7.86. The Morgan fingerprint density at radius 1 is 1.53 bits per heavy atom. The molecule has 0 spiro atoms. The minimum Gasteiger partial charge on any atom is -0.298 e. The third-order valence-corrected chi connectivity index (χ3v) is 5.24. The van der Waals surface area contributed by atoms with Gasteiger partial charge in [0, 0.05) is 40.3 Å². The molecule has 0 amide bonds. The average Bonchev–Trinajstić information content (AvgIpc) is 2.31. The Hall–Kier alpha value is 0.140. The van der Waals surface area contributed by atoms with Gasteiger partial charge in [0.15, 0.2) is 0 Å². The minimum absolute atomic E-state index is 0.0446. The smallest absolute Gasteiger partial charge is 0.0443 e. The van der Waals surface area contributed by atoms with Crippen molar-refractivity contribution in [1.82, 2.24) is 4.90 Å². The molecule has 0 saturated carbocycles. The molecule has 1 fully saturated rings. The zero-order chi connectivity index (χ0) is 11.5. The summed E-state index contributed by atoms with van der Waals surface area (Å²) in [5.74, 6) is 1.28. The molecule has 0 aliphatic carbocycles. The quantitative estimate of drug-likeness (QED) is 0.564. The molecule has 1 aliphatic heterocycles. The van der Waals surface area contributed by atoms with Crippen LogP contribution in [-0.2, 0) is 10.8 Å². The molecule has 0 radical (unpaired) electrons. The van der Waals surface area contributed by atoms with E-state index in [9.17, 15) is 4.21 Å². The lowest BCUT2D eigenvalue weighted by Gasteiger charge is -2.22. The van der Waals surface area contributed by atoms with Crippen molar-refractivity contribution in [3.05, 3.63) is 12.2 Å². The molecule has 88 valence electrons. The van der Waals surface area contributed by atoms with Crippen LogP contribution >= 0.6 is 11.6 Å². The SMILES string of the molecule is C=C(CCl)CN1CCS(=O)C(C)(C)CC1. The molecular formula is C11H20ClNOS. The van der Waals surface area contributed by atoms with Crippen LogP contribution in [0.25, 0.3) is 0 Å². The highest BCUT2D eigenvalue weighted by Crippen LogP contribution is 2.22. The first-order chi connectivity index (χ1) is 6.95. The topological polar surface area (TPSA) is 20.3 Å². The van der Waals surface area contributed by atoms with Gasteiger partial charge in [-0.05, 0) is 32.4 Å². The normalized spacial score (nSPS) is 27.3. The van der Waals surface area contributed by atoms with Gasteiger partial charge in [0.05, 0.1) is 0 Å². The molecule has 2 nitrogen and oxygen atoms in total. The van der Waals surface area contributed by atoms with E-state index in [0.29, 0.717) is 5.88 Å². The lowest BCUT2D eigenvalue weighted by Crippen LogP contribution is -2.29. The Balaban J connectivity index is 2.53. The molecule has 1 heterocycles. The van der Waals surface area contributed by atoms with E-state index < -0.39 is 10.8 Å². The molecule has 0 aromatic heterocycles. The zero-order valence-electron chi connectivity index (χ0n) is 9.59. The first-order valence-corrected chi connectivity index (χ1v) is 7.14. The number of hydrogen-bond donors (Lipinski definition) is 0. The molecular weight excluding hydrogens is 230 g/mol. The Labute approximate surface area is 100 Å². The Morgan fingerprint density at radius 2 is 2.20 bits per heavy atom. The summed E-state index contributed by atoms with van der Waals surface area (Å²) in [6.45, 7) is 10.8. The second kappa shape index (κ2) is 5.46. The van der Waals surface area contributed by atoms with Crippen LogP contribution in [0.2, 0.25) is 0 Å². The second-order valence-corrected chi connectivity index (χ2v) is 7.19. The van der Waals surface area contributed by atoms with Gasteiger partial charge in [-0.2, -0.15) is 0 Å². The predicted molar refractivity (Wildman–Crippen MR) is 68.0 cm³/mol. The maximum atomic E-state index is 11.9. The fraction of sp³-hybridized carbons (Fsp3) is 0.818. The van der Waals surface area contributed by atoms with Gasteiger partial charge in [-0.3, -0.25) is 9.11 Å². The van der Waals surface area contributed by atoms with Crippen molar-refractivity contribution >= 4 is 22.4 Å². The predicted octanol–water partition coefficient (Wildman–Crippen LogP) is 2.01. The van der Waals surface area contributed by atoms with Gasteiger partial charge < -0.3 is 0 Å². The Kier molecular flexibility index (Phi) is 4.81. The molecule has 15 heavy (non-hydrogen) atoms. The monoisotopic (exact) mass is 249 g/mol. The van der Waals surface area contributed by atoms with Gasteiger partial charge in [0.2, 0.25) is 0 Å². The lowest BCUT2D eigenvalue weighted by molar-refractivity contribution is 0.307. The van der Waals surface area contributed by atoms with E-state index in [4.69, 9.17) is 11.6 Å². The molecule has 1 aliphatic rings. The van der Waals surface area contributed by atoms with Gasteiger partial charge >= 0.3 is 0 Å². The maximum absolute atomic E-state index is 11.9. The molecule has 1 atom stereocenters. The van der Waals surface area contributed by atoms with E-state index in [0.717, 1.165) is 37.4 Å². The fourth-order valence-electron chi connectivity index (χ4n) is 1.66. The third-order valence-electron chi connectivity index (χ3n) is 2.88. The largest absolute Gasteiger partial charge is 0.298 e. The van der Waals surface area contributed by atoms with Crippen molar-refractivity contribution in [3.8, 4) is 0 Å². The lowest BCUT2D eigenvalue weighted by atomic mass is 10.1. The van der Waals surface area contributed by atoms with Crippen LogP contribution in [0.4, 0.5) is 0 Å². The van der Waals surface area contributed by atoms with Gasteiger partial charge in [-0.1, -0.05) is 6.58 Å². The van der Waals surface area contributed by atoms with E-state index >= 15 is 0 Å². The molecule has 1 saturated heterocycles. The van der Waals surface area contributed by atoms with Gasteiger partial charge in [0.25, 0.3) is 0 Å². The van der Waals surface area contributed by atoms with Crippen LogP contribution in [0, 0.1) is 0 Å². The summed E-state index contributed by atoms with van der Waals surface area (Å²) in [7, 11) is -0.710. The van der Waals surface area contributed by atoms with E-state index in [1.54, 1.807) is 0 Å². The molecule has 0 aromatic rings. The van der Waals surface area contributed by atoms with Crippen molar-refractivity contribution in [3.63, 3.8) is 0 Å². The van der Waals surface area contributed by atoms with Gasteiger partial charge in [0.1, 0.15) is 0 Å². The minimum atomic E-state index is -0.710. The van der Waals surface area contributed by atoms with Gasteiger partial charge in [-0.15, -0.1) is 11.6 Å². The number of nitrogens with zero attached hydrogens (tertiary/aromatic N) is 1. The van der Waals surface area contributed by atoms with Crippen molar-refractivity contribution < 1.29 is 4.21 Å². The summed E-state index contributed by atoms with van der Waals surface area (Å²) in [4.78, 5) is 2.30. The van der Waals surface area contributed by atoms with Crippen LogP contribution in [0.3, 0.4) is 0 Å². The van der Waals surface area contributed by atoms with Crippen LogP contribution in [0.15, 0.2) is 12.2 Å². The number of rotatable bonds is 3. The molecule has 1 rings (SSSR count). The molecule has 1 unspecified atom stereocenters. The molecule has 0 N–H and O–H groups in total. The third kappa shape index (κ3) is 3.89. The summed E-state index contributed by atoms with van der Waals surface area (Å²) in [6, 6.07) is 0. The first kappa shape index (κ1) is 13.2. The summed E-state index contributed by atoms with van der Waals surface area (Å²) in [6.07, 6.45) is 0.981. The highest BCUT2D eigenvalue weighted by Gasteiger charge is 2.29. The second-order valence-electron chi connectivity index (χ2n) is 4.72. The number of hydrogen-bond acceptors (Lipinski definition) is 2. The highest BCUT2D eigenvalue weighted by atomic mass is 35.5. The molecule has 0 aromatic carbocycles. The molecule has 4 heteroatoms. The van der Waals surface area contributed by atoms with E-state index in [1.807, 2.05) is 0 Å². The number of alkyl halides is 1. The summed E-state index contributed by atoms with van der Waals surface area (Å²) >= 11 is 5.71. The van der Waals surface area contributed by atoms with E-state index in [2.05, 4.69) is 25.3 Å². The summed E-state index contributed by atoms with van der Waals surface area (Å²) in [5.41, 5.74) is 1.04. The average molecular weight is 250 g/mol. The van der Waals surface area contributed by atoms with Crippen LogP contribution in [-0.4, -0.2) is 45.1 Å². The zero-order valence-corrected chi connectivity index (χ0v) is 11.2. The van der Waals surface area contributed by atoms with Gasteiger partial charge in [-0.25, -0.2) is 0 Å². The van der Waals surface area contributed by atoms with Crippen molar-refractivity contribution in [1.29, 1.82) is 0 Å². The standard InChI is InChI=1S/C11H20ClNOS/c1-10(8-12)9-13-5-4-11(2,3)15(14)7-6-13/h1,4-9H2,2-3H3. The Bertz CT molecular complexity index is 265. The van der Waals surface area contributed by atoms with Crippen molar-refractivity contribution in [2.45, 2.75) is 25.0 Å².